The Morgan fingerprint density at radius 1 is 1.56 bits per heavy atom. The molecule has 0 bridgehead atoms. The largest absolute Gasteiger partial charge is 0.374 e. The van der Waals surface area contributed by atoms with Crippen LogP contribution in [0.4, 0.5) is 15.8 Å². The van der Waals surface area contributed by atoms with E-state index in [-0.39, 0.29) is 11.4 Å². The third-order valence-corrected chi connectivity index (χ3v) is 3.25. The Morgan fingerprint density at radius 2 is 2.33 bits per heavy atom. The van der Waals surface area contributed by atoms with E-state index >= 15 is 0 Å². The van der Waals surface area contributed by atoms with E-state index in [0.717, 1.165) is 23.1 Å². The van der Waals surface area contributed by atoms with Crippen LogP contribution in [0.2, 0.25) is 4.47 Å². The first kappa shape index (κ1) is 12.7. The summed E-state index contributed by atoms with van der Waals surface area (Å²) >= 11 is 6.91. The predicted molar refractivity (Wildman–Crippen MR) is 67.5 cm³/mol. The number of aromatic nitrogens is 1. The van der Waals surface area contributed by atoms with Crippen LogP contribution in [0.5, 0.6) is 0 Å². The highest BCUT2D eigenvalue weighted by molar-refractivity contribution is 7.15. The number of hydrogen-bond acceptors (Lipinski definition) is 5. The highest BCUT2D eigenvalue weighted by Gasteiger charge is 2.14. The minimum absolute atomic E-state index is 0.129. The fraction of sp³-hybridized carbons (Fsp3) is 0.100. The van der Waals surface area contributed by atoms with Crippen LogP contribution >= 0.6 is 22.9 Å². The minimum atomic E-state index is -0.568. The molecule has 0 amide bonds. The first-order chi connectivity index (χ1) is 8.56. The van der Waals surface area contributed by atoms with Crippen LogP contribution in [0.1, 0.15) is 4.88 Å². The van der Waals surface area contributed by atoms with Crippen LogP contribution in [-0.4, -0.2) is 9.91 Å². The van der Waals surface area contributed by atoms with Gasteiger partial charge in [0.2, 0.25) is 0 Å². The van der Waals surface area contributed by atoms with Crippen molar-refractivity contribution in [2.75, 3.05) is 5.32 Å². The average Bonchev–Trinajstić information content (AvgIpc) is 2.72. The summed E-state index contributed by atoms with van der Waals surface area (Å²) in [5.74, 6) is -0.537. The van der Waals surface area contributed by atoms with Crippen molar-refractivity contribution in [1.29, 1.82) is 0 Å². The second-order valence-electron chi connectivity index (χ2n) is 3.35. The Hall–Kier alpha value is -1.73. The number of halogens is 2. The Labute approximate surface area is 110 Å². The Balaban J connectivity index is 2.17. The lowest BCUT2D eigenvalue weighted by Gasteiger charge is -2.05. The van der Waals surface area contributed by atoms with Gasteiger partial charge in [0.05, 0.1) is 11.5 Å². The predicted octanol–water partition coefficient (Wildman–Crippen LogP) is 3.46. The van der Waals surface area contributed by atoms with Crippen LogP contribution in [0.3, 0.4) is 0 Å². The van der Waals surface area contributed by atoms with Crippen LogP contribution in [0.15, 0.2) is 24.4 Å². The maximum atomic E-state index is 13.0. The number of thiazole rings is 1. The van der Waals surface area contributed by atoms with Gasteiger partial charge in [-0.05, 0) is 6.07 Å². The van der Waals surface area contributed by atoms with Crippen molar-refractivity contribution in [1.82, 2.24) is 4.98 Å². The summed E-state index contributed by atoms with van der Waals surface area (Å²) in [7, 11) is 0. The number of nitrogens with one attached hydrogen (secondary N) is 1. The van der Waals surface area contributed by atoms with Gasteiger partial charge in [0.15, 0.2) is 4.47 Å². The van der Waals surface area contributed by atoms with Crippen molar-refractivity contribution in [3.8, 4) is 0 Å². The van der Waals surface area contributed by atoms with Crippen LogP contribution in [0.25, 0.3) is 0 Å². The monoisotopic (exact) mass is 287 g/mol. The third-order valence-electron chi connectivity index (χ3n) is 2.13. The molecule has 2 rings (SSSR count). The Morgan fingerprint density at radius 3 is 2.94 bits per heavy atom. The summed E-state index contributed by atoms with van der Waals surface area (Å²) in [6.07, 6.45) is 1.56. The van der Waals surface area contributed by atoms with Gasteiger partial charge in [0.1, 0.15) is 11.5 Å². The van der Waals surface area contributed by atoms with Gasteiger partial charge in [-0.3, -0.25) is 10.1 Å². The highest BCUT2D eigenvalue weighted by Crippen LogP contribution is 2.26. The van der Waals surface area contributed by atoms with Crippen molar-refractivity contribution >= 4 is 34.3 Å². The molecular weight excluding hydrogens is 281 g/mol. The van der Waals surface area contributed by atoms with Crippen molar-refractivity contribution in [3.63, 3.8) is 0 Å². The number of hydrogen-bond donors (Lipinski definition) is 1. The van der Waals surface area contributed by atoms with Crippen molar-refractivity contribution in [2.24, 2.45) is 0 Å². The summed E-state index contributed by atoms with van der Waals surface area (Å²) < 4.78 is 13.4. The lowest BCUT2D eigenvalue weighted by molar-refractivity contribution is -0.384. The van der Waals surface area contributed by atoms with Crippen molar-refractivity contribution in [2.45, 2.75) is 6.54 Å². The Kier molecular flexibility index (Phi) is 3.73. The zero-order valence-corrected chi connectivity index (χ0v) is 10.5. The number of nitro groups is 1. The molecule has 1 heterocycles. The van der Waals surface area contributed by atoms with Gasteiger partial charge >= 0.3 is 0 Å². The molecule has 2 aromatic rings. The smallest absolute Gasteiger partial charge is 0.292 e. The van der Waals surface area contributed by atoms with E-state index in [1.807, 2.05) is 0 Å². The molecule has 1 N–H and O–H groups in total. The summed E-state index contributed by atoms with van der Waals surface area (Å²) in [6, 6.07) is 3.25. The molecule has 0 aliphatic rings. The summed E-state index contributed by atoms with van der Waals surface area (Å²) in [5, 5.41) is 13.6. The minimum Gasteiger partial charge on any atom is -0.374 e. The fourth-order valence-corrected chi connectivity index (χ4v) is 2.27. The number of benzene rings is 1. The number of rotatable bonds is 4. The van der Waals surface area contributed by atoms with Crippen LogP contribution in [0, 0.1) is 15.9 Å². The standard InChI is InChI=1S/C10H7ClFN3O2S/c11-10-14-5-7(18-10)4-13-8-3-6(12)1-2-9(8)15(16)17/h1-3,5,13H,4H2. The Bertz CT molecular complexity index is 590. The molecule has 0 aliphatic heterocycles. The van der Waals surface area contributed by atoms with E-state index in [1.54, 1.807) is 6.20 Å². The van der Waals surface area contributed by atoms with Gasteiger partial charge in [-0.25, -0.2) is 9.37 Å². The van der Waals surface area contributed by atoms with E-state index in [2.05, 4.69) is 10.3 Å². The molecule has 0 atom stereocenters. The molecule has 1 aromatic heterocycles. The molecule has 1 aromatic carbocycles. The lowest BCUT2D eigenvalue weighted by atomic mass is 10.2. The molecule has 8 heteroatoms. The first-order valence-electron chi connectivity index (χ1n) is 4.84. The average molecular weight is 288 g/mol. The summed E-state index contributed by atoms with van der Waals surface area (Å²) in [5.41, 5.74) is -0.0449. The number of anilines is 1. The van der Waals surface area contributed by atoms with Crippen molar-refractivity contribution in [3.05, 3.63) is 49.7 Å². The molecule has 94 valence electrons. The zero-order chi connectivity index (χ0) is 13.1. The zero-order valence-electron chi connectivity index (χ0n) is 8.89. The van der Waals surface area contributed by atoms with Gasteiger partial charge in [-0.2, -0.15) is 0 Å². The molecule has 0 unspecified atom stereocenters. The molecule has 0 saturated carbocycles. The van der Waals surface area contributed by atoms with Crippen LogP contribution in [-0.2, 0) is 6.54 Å². The lowest BCUT2D eigenvalue weighted by Crippen LogP contribution is -2.02. The molecule has 0 radical (unpaired) electrons. The number of nitrogens with zero attached hydrogens (tertiary/aromatic N) is 2. The SMILES string of the molecule is O=[N+]([O-])c1ccc(F)cc1NCc1cnc(Cl)s1. The molecule has 18 heavy (non-hydrogen) atoms. The van der Waals surface area contributed by atoms with Gasteiger partial charge in [0, 0.05) is 23.2 Å². The van der Waals surface area contributed by atoms with Gasteiger partial charge in [-0.15, -0.1) is 11.3 Å². The number of nitro benzene ring substituents is 1. The maximum absolute atomic E-state index is 13.0. The molecule has 0 aliphatic carbocycles. The van der Waals surface area contributed by atoms with E-state index in [1.165, 1.54) is 11.3 Å². The van der Waals surface area contributed by atoms with E-state index in [4.69, 9.17) is 11.6 Å². The first-order valence-corrected chi connectivity index (χ1v) is 6.04. The quantitative estimate of drug-likeness (QED) is 0.691. The van der Waals surface area contributed by atoms with Crippen molar-refractivity contribution < 1.29 is 9.31 Å². The van der Waals surface area contributed by atoms with Gasteiger partial charge in [0.25, 0.3) is 5.69 Å². The van der Waals surface area contributed by atoms with Crippen LogP contribution < -0.4 is 5.32 Å². The second-order valence-corrected chi connectivity index (χ2v) is 5.05. The third kappa shape index (κ3) is 2.93. The maximum Gasteiger partial charge on any atom is 0.292 e. The topological polar surface area (TPSA) is 68.1 Å². The van der Waals surface area contributed by atoms with E-state index < -0.39 is 10.7 Å². The summed E-state index contributed by atoms with van der Waals surface area (Å²) in [4.78, 5) is 14.8. The molecule has 0 fully saturated rings. The van der Waals surface area contributed by atoms with Gasteiger partial charge < -0.3 is 5.32 Å². The molecule has 0 saturated heterocycles. The van der Waals surface area contributed by atoms with Gasteiger partial charge in [-0.1, -0.05) is 11.6 Å². The normalized spacial score (nSPS) is 10.3. The fourth-order valence-electron chi connectivity index (χ4n) is 1.36. The highest BCUT2D eigenvalue weighted by atomic mass is 35.5. The second kappa shape index (κ2) is 5.28. The molecule has 0 spiro atoms. The summed E-state index contributed by atoms with van der Waals surface area (Å²) in [6.45, 7) is 0.300. The molecular formula is C10H7ClFN3O2S. The van der Waals surface area contributed by atoms with E-state index in [0.29, 0.717) is 11.0 Å². The van der Waals surface area contributed by atoms with E-state index in [9.17, 15) is 14.5 Å². The molecule has 5 nitrogen and oxygen atoms in total.